The van der Waals surface area contributed by atoms with Crippen molar-refractivity contribution in [2.24, 2.45) is 0 Å². The number of fused-ring (bicyclic) bond motifs is 1. The third kappa shape index (κ3) is 3.72. The van der Waals surface area contributed by atoms with Gasteiger partial charge in [0.2, 0.25) is 5.91 Å². The first-order valence-electron chi connectivity index (χ1n) is 8.69. The highest BCUT2D eigenvalue weighted by molar-refractivity contribution is 6.31. The fraction of sp³-hybridized carbons (Fsp3) is 0.158. The first-order chi connectivity index (χ1) is 13.9. The molecule has 4 rings (SSSR count). The van der Waals surface area contributed by atoms with Crippen molar-refractivity contribution in [2.45, 2.75) is 20.0 Å². The highest BCUT2D eigenvalue weighted by Crippen LogP contribution is 2.16. The molecule has 3 aromatic heterocycles. The number of carbonyl (C=O) groups is 1. The van der Waals surface area contributed by atoms with E-state index < -0.39 is 17.2 Å². The highest BCUT2D eigenvalue weighted by atomic mass is 35.5. The second-order valence-electron chi connectivity index (χ2n) is 6.49. The van der Waals surface area contributed by atoms with Crippen LogP contribution in [0.15, 0.2) is 56.7 Å². The number of anilines is 1. The van der Waals surface area contributed by atoms with Crippen LogP contribution in [0, 0.1) is 6.92 Å². The van der Waals surface area contributed by atoms with Crippen LogP contribution in [0.4, 0.5) is 5.82 Å². The minimum Gasteiger partial charge on any atom is -0.467 e. The van der Waals surface area contributed by atoms with Crippen LogP contribution in [-0.2, 0) is 17.9 Å². The van der Waals surface area contributed by atoms with Crippen LogP contribution in [0.1, 0.15) is 11.5 Å². The van der Waals surface area contributed by atoms with Gasteiger partial charge in [0.25, 0.3) is 5.56 Å². The molecule has 0 spiro atoms. The van der Waals surface area contributed by atoms with Gasteiger partial charge in [-0.15, -0.1) is 0 Å². The predicted octanol–water partition coefficient (Wildman–Crippen LogP) is 2.13. The normalized spacial score (nSPS) is 11.1. The van der Waals surface area contributed by atoms with Crippen LogP contribution in [0.2, 0.25) is 5.02 Å². The van der Waals surface area contributed by atoms with E-state index in [2.05, 4.69) is 15.5 Å². The first kappa shape index (κ1) is 18.8. The summed E-state index contributed by atoms with van der Waals surface area (Å²) >= 11 is 6.07. The zero-order valence-corrected chi connectivity index (χ0v) is 16.1. The smallest absolute Gasteiger partial charge is 0.332 e. The first-order valence-corrected chi connectivity index (χ1v) is 9.07. The summed E-state index contributed by atoms with van der Waals surface area (Å²) in [5.41, 5.74) is -0.0783. The van der Waals surface area contributed by atoms with E-state index in [1.54, 1.807) is 31.2 Å². The van der Waals surface area contributed by atoms with Gasteiger partial charge >= 0.3 is 5.69 Å². The van der Waals surface area contributed by atoms with Crippen molar-refractivity contribution in [3.63, 3.8) is 0 Å². The molecule has 0 aliphatic carbocycles. The van der Waals surface area contributed by atoms with E-state index in [1.165, 1.54) is 23.0 Å². The summed E-state index contributed by atoms with van der Waals surface area (Å²) in [6.07, 6.45) is 1.46. The molecule has 0 saturated heterocycles. The molecule has 9 nitrogen and oxygen atoms in total. The molecular formula is C19H16ClN5O4. The number of hydrogen-bond acceptors (Lipinski definition) is 5. The summed E-state index contributed by atoms with van der Waals surface area (Å²) in [6.45, 7) is 1.43. The number of nitrogens with zero attached hydrogens (tertiary/aromatic N) is 3. The molecule has 0 fully saturated rings. The van der Waals surface area contributed by atoms with Gasteiger partial charge in [0.1, 0.15) is 12.3 Å². The van der Waals surface area contributed by atoms with Gasteiger partial charge in [-0.2, -0.15) is 5.10 Å². The van der Waals surface area contributed by atoms with Crippen LogP contribution >= 0.6 is 11.6 Å². The molecule has 1 aromatic carbocycles. The van der Waals surface area contributed by atoms with E-state index in [-0.39, 0.29) is 24.0 Å². The molecule has 0 aliphatic heterocycles. The lowest BCUT2D eigenvalue weighted by atomic mass is 10.2. The molecule has 148 valence electrons. The molecule has 2 N–H and O–H groups in total. The monoisotopic (exact) mass is 413 g/mol. The zero-order chi connectivity index (χ0) is 20.5. The summed E-state index contributed by atoms with van der Waals surface area (Å²) in [6, 6.07) is 9.57. The number of amides is 1. The van der Waals surface area contributed by atoms with Crippen molar-refractivity contribution >= 4 is 34.2 Å². The molecule has 10 heteroatoms. The molecule has 0 atom stereocenters. The van der Waals surface area contributed by atoms with Crippen molar-refractivity contribution in [1.82, 2.24) is 19.3 Å². The molecule has 0 bridgehead atoms. The van der Waals surface area contributed by atoms with Crippen LogP contribution in [0.3, 0.4) is 0 Å². The second-order valence-corrected chi connectivity index (χ2v) is 6.92. The Morgan fingerprint density at radius 1 is 1.24 bits per heavy atom. The maximum atomic E-state index is 13.1. The number of benzene rings is 1. The maximum absolute atomic E-state index is 13.1. The molecular weight excluding hydrogens is 398 g/mol. The molecule has 1 amide bonds. The highest BCUT2D eigenvalue weighted by Gasteiger charge is 2.17. The predicted molar refractivity (Wildman–Crippen MR) is 107 cm³/mol. The zero-order valence-electron chi connectivity index (χ0n) is 15.3. The van der Waals surface area contributed by atoms with Gasteiger partial charge in [0.15, 0.2) is 5.82 Å². The van der Waals surface area contributed by atoms with Gasteiger partial charge in [0, 0.05) is 16.8 Å². The lowest BCUT2D eigenvalue weighted by Gasteiger charge is -2.13. The molecule has 3 heterocycles. The molecule has 29 heavy (non-hydrogen) atoms. The Hall–Kier alpha value is -3.59. The molecule has 0 saturated carbocycles. The average Bonchev–Trinajstić information content (AvgIpc) is 3.34. The number of nitrogens with one attached hydrogen (secondary N) is 2. The molecule has 0 aliphatic rings. The fourth-order valence-corrected chi connectivity index (χ4v) is 3.21. The number of furan rings is 1. The lowest BCUT2D eigenvalue weighted by Crippen LogP contribution is -2.42. The number of halogens is 1. The van der Waals surface area contributed by atoms with E-state index in [0.29, 0.717) is 16.6 Å². The van der Waals surface area contributed by atoms with Crippen LogP contribution in [-0.4, -0.2) is 25.2 Å². The maximum Gasteiger partial charge on any atom is 0.332 e. The summed E-state index contributed by atoms with van der Waals surface area (Å²) < 4.78 is 7.50. The summed E-state index contributed by atoms with van der Waals surface area (Å²) in [5, 5.41) is 9.90. The van der Waals surface area contributed by atoms with Gasteiger partial charge in [-0.05, 0) is 37.3 Å². The van der Waals surface area contributed by atoms with Gasteiger partial charge in [-0.1, -0.05) is 11.6 Å². The summed E-state index contributed by atoms with van der Waals surface area (Å²) in [5.74, 6) is 0.315. The largest absolute Gasteiger partial charge is 0.467 e. The van der Waals surface area contributed by atoms with Gasteiger partial charge in [0.05, 0.1) is 23.7 Å². The summed E-state index contributed by atoms with van der Waals surface area (Å²) in [7, 11) is 0. The molecule has 0 radical (unpaired) electrons. The van der Waals surface area contributed by atoms with Gasteiger partial charge in [-0.3, -0.25) is 23.8 Å². The minimum atomic E-state index is -0.644. The van der Waals surface area contributed by atoms with Crippen molar-refractivity contribution < 1.29 is 9.21 Å². The number of aryl methyl sites for hydroxylation is 1. The van der Waals surface area contributed by atoms with Crippen LogP contribution in [0.25, 0.3) is 10.9 Å². The Balaban J connectivity index is 1.80. The van der Waals surface area contributed by atoms with E-state index in [4.69, 9.17) is 16.0 Å². The SMILES string of the molecule is Cc1cc(NC(=O)Cn2c(=O)n(Cc3ccco3)c(=O)c3ccc(Cl)cc32)n[nH]1. The number of rotatable bonds is 5. The minimum absolute atomic E-state index is 0.0522. The Bertz CT molecular complexity index is 1320. The Kier molecular flexibility index (Phi) is 4.81. The van der Waals surface area contributed by atoms with Crippen LogP contribution < -0.4 is 16.6 Å². The number of carbonyl (C=O) groups excluding carboxylic acids is 1. The Labute approximate surface area is 168 Å². The fourth-order valence-electron chi connectivity index (χ4n) is 3.05. The van der Waals surface area contributed by atoms with E-state index in [1.807, 2.05) is 0 Å². The molecule has 4 aromatic rings. The van der Waals surface area contributed by atoms with E-state index in [0.717, 1.165) is 10.3 Å². The third-order valence-corrected chi connectivity index (χ3v) is 4.59. The van der Waals surface area contributed by atoms with E-state index >= 15 is 0 Å². The van der Waals surface area contributed by atoms with Crippen molar-refractivity contribution in [2.75, 3.05) is 5.32 Å². The van der Waals surface area contributed by atoms with Gasteiger partial charge in [-0.25, -0.2) is 4.79 Å². The Morgan fingerprint density at radius 2 is 2.07 bits per heavy atom. The average molecular weight is 414 g/mol. The number of aromatic amines is 1. The Morgan fingerprint density at radius 3 is 2.76 bits per heavy atom. The van der Waals surface area contributed by atoms with E-state index in [9.17, 15) is 14.4 Å². The second kappa shape index (κ2) is 7.44. The van der Waals surface area contributed by atoms with Crippen molar-refractivity contribution in [1.29, 1.82) is 0 Å². The number of aromatic nitrogens is 4. The van der Waals surface area contributed by atoms with Crippen molar-refractivity contribution in [3.8, 4) is 0 Å². The number of hydrogen-bond donors (Lipinski definition) is 2. The molecule has 0 unspecified atom stereocenters. The quantitative estimate of drug-likeness (QED) is 0.520. The summed E-state index contributed by atoms with van der Waals surface area (Å²) in [4.78, 5) is 38.5. The topological polar surface area (TPSA) is 115 Å². The number of H-pyrrole nitrogens is 1. The van der Waals surface area contributed by atoms with Crippen LogP contribution in [0.5, 0.6) is 0 Å². The lowest BCUT2D eigenvalue weighted by molar-refractivity contribution is -0.116. The van der Waals surface area contributed by atoms with Gasteiger partial charge < -0.3 is 9.73 Å². The van der Waals surface area contributed by atoms with Crippen molar-refractivity contribution in [3.05, 3.63) is 80.0 Å². The third-order valence-electron chi connectivity index (χ3n) is 4.36. The standard InChI is InChI=1S/C19H16ClN5O4/c1-11-7-16(23-22-11)21-17(26)10-24-15-8-12(20)4-5-14(15)18(27)25(19(24)28)9-13-3-2-6-29-13/h2-8H,9-10H2,1H3,(H2,21,22,23,26).